The number of benzene rings is 2. The zero-order chi connectivity index (χ0) is 18.6. The highest BCUT2D eigenvalue weighted by Crippen LogP contribution is 2.29. The number of amides is 1. The molecule has 0 spiro atoms. The average Bonchev–Trinajstić information content (AvgIpc) is 2.55. The topological polar surface area (TPSA) is 108 Å². The molecule has 2 rings (SSSR count). The minimum absolute atomic E-state index is 0.107. The van der Waals surface area contributed by atoms with Gasteiger partial charge in [0.2, 0.25) is 5.91 Å². The third kappa shape index (κ3) is 4.41. The van der Waals surface area contributed by atoms with Gasteiger partial charge in [-0.25, -0.2) is 8.42 Å². The van der Waals surface area contributed by atoms with Crippen LogP contribution in [0.5, 0.6) is 5.75 Å². The van der Waals surface area contributed by atoms with E-state index in [4.69, 9.17) is 21.6 Å². The first-order valence-corrected chi connectivity index (χ1v) is 8.81. The quantitative estimate of drug-likeness (QED) is 0.830. The maximum Gasteiger partial charge on any atom is 0.265 e. The third-order valence-electron chi connectivity index (χ3n) is 3.11. The molecule has 0 fully saturated rings. The van der Waals surface area contributed by atoms with E-state index < -0.39 is 10.0 Å². The summed E-state index contributed by atoms with van der Waals surface area (Å²) in [5, 5.41) is 11.7. The van der Waals surface area contributed by atoms with E-state index in [9.17, 15) is 13.2 Å². The van der Waals surface area contributed by atoms with Gasteiger partial charge in [0.1, 0.15) is 16.7 Å². The highest BCUT2D eigenvalue weighted by molar-refractivity contribution is 7.92. The van der Waals surface area contributed by atoms with E-state index >= 15 is 0 Å². The van der Waals surface area contributed by atoms with E-state index in [-0.39, 0.29) is 32.8 Å². The Kier molecular flexibility index (Phi) is 5.51. The second-order valence-corrected chi connectivity index (χ2v) is 7.02. The van der Waals surface area contributed by atoms with Crippen molar-refractivity contribution in [3.8, 4) is 11.8 Å². The summed E-state index contributed by atoms with van der Waals surface area (Å²) in [5.74, 6) is -0.228. The lowest BCUT2D eigenvalue weighted by molar-refractivity contribution is -0.114. The Morgan fingerprint density at radius 1 is 1.20 bits per heavy atom. The van der Waals surface area contributed by atoms with Crippen LogP contribution in [0.4, 0.5) is 11.4 Å². The Balaban J connectivity index is 2.45. The van der Waals surface area contributed by atoms with Gasteiger partial charge in [-0.3, -0.25) is 9.52 Å². The molecule has 0 heterocycles. The molecule has 9 heteroatoms. The molecule has 0 saturated heterocycles. The third-order valence-corrected chi connectivity index (χ3v) is 4.84. The predicted molar refractivity (Wildman–Crippen MR) is 94.3 cm³/mol. The first-order valence-electron chi connectivity index (χ1n) is 6.95. The van der Waals surface area contributed by atoms with E-state index in [1.165, 1.54) is 50.4 Å². The van der Waals surface area contributed by atoms with Gasteiger partial charge in [0.05, 0.1) is 23.4 Å². The normalized spacial score (nSPS) is 10.6. The Labute approximate surface area is 150 Å². The number of carbonyl (C=O) groups is 1. The second kappa shape index (κ2) is 7.42. The van der Waals surface area contributed by atoms with Crippen molar-refractivity contribution in [2.75, 3.05) is 17.1 Å². The second-order valence-electron chi connectivity index (χ2n) is 4.96. The number of methoxy groups -OCH3 is 1. The lowest BCUT2D eigenvalue weighted by atomic mass is 10.2. The predicted octanol–water partition coefficient (Wildman–Crippen LogP) is 2.98. The van der Waals surface area contributed by atoms with E-state index in [0.717, 1.165) is 0 Å². The molecule has 2 aromatic rings. The van der Waals surface area contributed by atoms with Gasteiger partial charge in [0, 0.05) is 12.6 Å². The molecule has 0 saturated carbocycles. The molecule has 0 atom stereocenters. The van der Waals surface area contributed by atoms with Crippen molar-refractivity contribution in [1.29, 1.82) is 5.26 Å². The lowest BCUT2D eigenvalue weighted by Gasteiger charge is -2.13. The fourth-order valence-corrected chi connectivity index (χ4v) is 3.46. The van der Waals surface area contributed by atoms with E-state index in [1.54, 1.807) is 0 Å². The zero-order valence-electron chi connectivity index (χ0n) is 13.3. The summed E-state index contributed by atoms with van der Waals surface area (Å²) in [4.78, 5) is 11.0. The summed E-state index contributed by atoms with van der Waals surface area (Å²) in [6, 6.07) is 10.3. The van der Waals surface area contributed by atoms with Gasteiger partial charge >= 0.3 is 0 Å². The molecule has 0 unspecified atom stereocenters. The molecule has 0 aliphatic heterocycles. The van der Waals surface area contributed by atoms with Crippen LogP contribution in [0.25, 0.3) is 0 Å². The van der Waals surface area contributed by atoms with E-state index in [2.05, 4.69) is 10.0 Å². The van der Waals surface area contributed by atoms with Crippen LogP contribution < -0.4 is 14.8 Å². The summed E-state index contributed by atoms with van der Waals surface area (Å²) in [6.45, 7) is 1.31. The standard InChI is InChI=1S/C16H14ClN3O4S/c1-10(21)19-12-4-6-15(24-2)16(8-12)25(22,23)20-13-3-5-14(17)11(7-13)9-18/h3-8,20H,1-2H3,(H,19,21). The van der Waals surface area contributed by atoms with Crippen LogP contribution in [0.15, 0.2) is 41.3 Å². The number of rotatable bonds is 5. The first kappa shape index (κ1) is 18.6. The van der Waals surface area contributed by atoms with Crippen LogP contribution in [0.3, 0.4) is 0 Å². The summed E-state index contributed by atoms with van der Waals surface area (Å²) in [6.07, 6.45) is 0. The number of sulfonamides is 1. The number of ether oxygens (including phenoxy) is 1. The smallest absolute Gasteiger partial charge is 0.265 e. The van der Waals surface area contributed by atoms with Crippen LogP contribution in [-0.4, -0.2) is 21.4 Å². The maximum absolute atomic E-state index is 12.7. The van der Waals surface area contributed by atoms with Crippen LogP contribution in [0.1, 0.15) is 12.5 Å². The number of nitrogens with zero attached hydrogens (tertiary/aromatic N) is 1. The highest BCUT2D eigenvalue weighted by atomic mass is 35.5. The lowest BCUT2D eigenvalue weighted by Crippen LogP contribution is -2.15. The van der Waals surface area contributed by atoms with Crippen molar-refractivity contribution in [3.63, 3.8) is 0 Å². The first-order chi connectivity index (χ1) is 11.8. The number of carbonyl (C=O) groups excluding carboxylic acids is 1. The van der Waals surface area contributed by atoms with Crippen molar-refractivity contribution in [1.82, 2.24) is 0 Å². The monoisotopic (exact) mass is 379 g/mol. The molecule has 0 aliphatic rings. The molecule has 2 N–H and O–H groups in total. The number of nitrogens with one attached hydrogen (secondary N) is 2. The van der Waals surface area contributed by atoms with Crippen LogP contribution in [0.2, 0.25) is 5.02 Å². The number of nitriles is 1. The van der Waals surface area contributed by atoms with Crippen molar-refractivity contribution in [2.45, 2.75) is 11.8 Å². The fourth-order valence-electron chi connectivity index (χ4n) is 2.05. The van der Waals surface area contributed by atoms with Gasteiger partial charge in [-0.1, -0.05) is 11.6 Å². The molecule has 2 aromatic carbocycles. The van der Waals surface area contributed by atoms with Crippen LogP contribution in [0, 0.1) is 11.3 Å². The summed E-state index contributed by atoms with van der Waals surface area (Å²) in [7, 11) is -2.70. The van der Waals surface area contributed by atoms with Gasteiger partial charge in [0.25, 0.3) is 10.0 Å². The Hall–Kier alpha value is -2.76. The van der Waals surface area contributed by atoms with Gasteiger partial charge < -0.3 is 10.1 Å². The summed E-state index contributed by atoms with van der Waals surface area (Å²) in [5.41, 5.74) is 0.622. The molecule has 25 heavy (non-hydrogen) atoms. The molecule has 1 amide bonds. The summed E-state index contributed by atoms with van der Waals surface area (Å²) < 4.78 is 32.8. The van der Waals surface area contributed by atoms with Crippen molar-refractivity contribution < 1.29 is 17.9 Å². The van der Waals surface area contributed by atoms with Crippen molar-refractivity contribution in [3.05, 3.63) is 47.0 Å². The minimum atomic E-state index is -4.03. The number of anilines is 2. The molecule has 0 bridgehead atoms. The molecular weight excluding hydrogens is 366 g/mol. The molecule has 0 radical (unpaired) electrons. The number of hydrogen-bond acceptors (Lipinski definition) is 5. The van der Waals surface area contributed by atoms with Crippen LogP contribution >= 0.6 is 11.6 Å². The highest BCUT2D eigenvalue weighted by Gasteiger charge is 2.21. The van der Waals surface area contributed by atoms with Crippen molar-refractivity contribution in [2.24, 2.45) is 0 Å². The van der Waals surface area contributed by atoms with Crippen molar-refractivity contribution >= 4 is 38.9 Å². The Bertz CT molecular complexity index is 968. The molecule has 0 aromatic heterocycles. The average molecular weight is 380 g/mol. The molecule has 0 aliphatic carbocycles. The number of hydrogen-bond donors (Lipinski definition) is 2. The minimum Gasteiger partial charge on any atom is -0.495 e. The SMILES string of the molecule is COc1ccc(NC(C)=O)cc1S(=O)(=O)Nc1ccc(Cl)c(C#N)c1. The Morgan fingerprint density at radius 3 is 2.48 bits per heavy atom. The summed E-state index contributed by atoms with van der Waals surface area (Å²) >= 11 is 5.84. The Morgan fingerprint density at radius 2 is 1.88 bits per heavy atom. The van der Waals surface area contributed by atoms with Gasteiger partial charge in [-0.15, -0.1) is 0 Å². The van der Waals surface area contributed by atoms with Crippen LogP contribution in [-0.2, 0) is 14.8 Å². The van der Waals surface area contributed by atoms with Gasteiger partial charge in [-0.2, -0.15) is 5.26 Å². The van der Waals surface area contributed by atoms with E-state index in [1.807, 2.05) is 6.07 Å². The fraction of sp³-hybridized carbons (Fsp3) is 0.125. The largest absolute Gasteiger partial charge is 0.495 e. The molecule has 130 valence electrons. The van der Waals surface area contributed by atoms with Gasteiger partial charge in [0.15, 0.2) is 0 Å². The maximum atomic E-state index is 12.7. The van der Waals surface area contributed by atoms with E-state index in [0.29, 0.717) is 5.69 Å². The van der Waals surface area contributed by atoms with Gasteiger partial charge in [-0.05, 0) is 36.4 Å². The molecular formula is C16H14ClN3O4S. The number of halogens is 1. The molecule has 7 nitrogen and oxygen atoms in total. The zero-order valence-corrected chi connectivity index (χ0v) is 14.9.